The number of nitrogens with zero attached hydrogens (tertiary/aromatic N) is 5. The average Bonchev–Trinajstić information content (AvgIpc) is 3.04. The second-order valence-corrected chi connectivity index (χ2v) is 11.1. The summed E-state index contributed by atoms with van der Waals surface area (Å²) in [7, 11) is 3.90. The standard InChI is InChI=1S/C26H35F3N6O2/c1-26(2,3)22(25(37)34-11-9-32(4)10-12-34)31-24(36)21-20-15-33(5)7-6-8-35(20)23(30-21)16-13-18(28)19(29)14-17(16)27/h13-14,22H,6-12,15H2,1-5H3,(H,31,36)/t22-/m1/s1. The molecule has 0 aliphatic carbocycles. The first-order valence-corrected chi connectivity index (χ1v) is 12.6. The van der Waals surface area contributed by atoms with Gasteiger partial charge in [-0.1, -0.05) is 20.8 Å². The Morgan fingerprint density at radius 2 is 1.57 bits per heavy atom. The molecule has 37 heavy (non-hydrogen) atoms. The topological polar surface area (TPSA) is 73.7 Å². The van der Waals surface area contributed by atoms with Crippen molar-refractivity contribution in [2.75, 3.05) is 46.8 Å². The number of piperazine rings is 1. The minimum Gasteiger partial charge on any atom is -0.338 e. The van der Waals surface area contributed by atoms with E-state index in [9.17, 15) is 22.8 Å². The first-order chi connectivity index (χ1) is 17.4. The van der Waals surface area contributed by atoms with Crippen molar-refractivity contribution in [3.63, 3.8) is 0 Å². The highest BCUT2D eigenvalue weighted by Crippen LogP contribution is 2.30. The van der Waals surface area contributed by atoms with Gasteiger partial charge >= 0.3 is 0 Å². The molecule has 0 unspecified atom stereocenters. The van der Waals surface area contributed by atoms with Crippen LogP contribution in [0.4, 0.5) is 13.2 Å². The average molecular weight is 521 g/mol. The van der Waals surface area contributed by atoms with E-state index in [2.05, 4.69) is 15.2 Å². The number of halogens is 3. The molecule has 1 aromatic heterocycles. The van der Waals surface area contributed by atoms with E-state index >= 15 is 0 Å². The van der Waals surface area contributed by atoms with Crippen LogP contribution in [0.5, 0.6) is 0 Å². The largest absolute Gasteiger partial charge is 0.338 e. The monoisotopic (exact) mass is 520 g/mol. The highest BCUT2D eigenvalue weighted by atomic mass is 19.2. The third-order valence-electron chi connectivity index (χ3n) is 7.08. The Morgan fingerprint density at radius 3 is 2.22 bits per heavy atom. The molecule has 2 aliphatic rings. The second-order valence-electron chi connectivity index (χ2n) is 11.1. The molecule has 2 aromatic rings. The zero-order valence-electron chi connectivity index (χ0n) is 22.1. The van der Waals surface area contributed by atoms with Crippen molar-refractivity contribution in [3.8, 4) is 11.4 Å². The molecule has 0 saturated carbocycles. The van der Waals surface area contributed by atoms with Gasteiger partial charge in [-0.25, -0.2) is 18.2 Å². The van der Waals surface area contributed by atoms with E-state index in [1.165, 1.54) is 0 Å². The summed E-state index contributed by atoms with van der Waals surface area (Å²) in [5, 5.41) is 2.90. The summed E-state index contributed by atoms with van der Waals surface area (Å²) in [6, 6.07) is 0.442. The smallest absolute Gasteiger partial charge is 0.272 e. The molecule has 2 aliphatic heterocycles. The van der Waals surface area contributed by atoms with Gasteiger partial charge in [0, 0.05) is 45.3 Å². The number of aromatic nitrogens is 2. The van der Waals surface area contributed by atoms with Crippen LogP contribution in [-0.2, 0) is 17.9 Å². The van der Waals surface area contributed by atoms with Crippen LogP contribution in [0, 0.1) is 22.9 Å². The van der Waals surface area contributed by atoms with Crippen LogP contribution in [0.25, 0.3) is 11.4 Å². The SMILES string of the molecule is CN1CCN(C(=O)[C@@H](NC(=O)c2nc(-c3cc(F)c(F)cc3F)n3c2CN(C)CCC3)C(C)(C)C)CC1. The van der Waals surface area contributed by atoms with E-state index in [4.69, 9.17) is 0 Å². The Kier molecular flexibility index (Phi) is 7.66. The van der Waals surface area contributed by atoms with Crippen molar-refractivity contribution >= 4 is 11.8 Å². The maximum atomic E-state index is 14.8. The molecule has 2 amide bonds. The van der Waals surface area contributed by atoms with Crippen LogP contribution >= 0.6 is 0 Å². The zero-order chi connectivity index (χ0) is 27.1. The number of hydrogen-bond acceptors (Lipinski definition) is 5. The number of carbonyl (C=O) groups excluding carboxylic acids is 2. The van der Waals surface area contributed by atoms with Crippen molar-refractivity contribution in [3.05, 3.63) is 41.0 Å². The predicted octanol–water partition coefficient (Wildman–Crippen LogP) is 2.72. The Bertz CT molecular complexity index is 1180. The van der Waals surface area contributed by atoms with Crippen LogP contribution in [0.3, 0.4) is 0 Å². The first kappa shape index (κ1) is 27.1. The molecule has 1 atom stereocenters. The van der Waals surface area contributed by atoms with Gasteiger partial charge in [-0.3, -0.25) is 9.59 Å². The third kappa shape index (κ3) is 5.67. The summed E-state index contributed by atoms with van der Waals surface area (Å²) >= 11 is 0. The molecule has 0 bridgehead atoms. The van der Waals surface area contributed by atoms with Gasteiger partial charge in [-0.15, -0.1) is 0 Å². The van der Waals surface area contributed by atoms with E-state index in [1.54, 1.807) is 9.47 Å². The number of fused-ring (bicyclic) bond motifs is 1. The maximum absolute atomic E-state index is 14.8. The molecule has 4 rings (SSSR count). The van der Waals surface area contributed by atoms with E-state index in [-0.39, 0.29) is 23.0 Å². The maximum Gasteiger partial charge on any atom is 0.272 e. The molecule has 1 aromatic carbocycles. The lowest BCUT2D eigenvalue weighted by molar-refractivity contribution is -0.137. The van der Waals surface area contributed by atoms with Crippen LogP contribution < -0.4 is 5.32 Å². The third-order valence-corrected chi connectivity index (χ3v) is 7.08. The fraction of sp³-hybridized carbons (Fsp3) is 0.577. The minimum absolute atomic E-state index is 0.0494. The Morgan fingerprint density at radius 1 is 0.919 bits per heavy atom. The fourth-order valence-electron chi connectivity index (χ4n) is 4.86. The van der Waals surface area contributed by atoms with Crippen molar-refractivity contribution in [1.82, 2.24) is 29.6 Å². The molecule has 1 saturated heterocycles. The summed E-state index contributed by atoms with van der Waals surface area (Å²) in [5.41, 5.74) is -0.215. The number of rotatable bonds is 4. The summed E-state index contributed by atoms with van der Waals surface area (Å²) < 4.78 is 44.1. The van der Waals surface area contributed by atoms with Gasteiger partial charge in [0.2, 0.25) is 5.91 Å². The number of benzene rings is 1. The number of nitrogens with one attached hydrogen (secondary N) is 1. The normalized spacial score (nSPS) is 18.3. The Balaban J connectivity index is 1.72. The lowest BCUT2D eigenvalue weighted by atomic mass is 9.85. The molecule has 0 spiro atoms. The van der Waals surface area contributed by atoms with Crippen molar-refractivity contribution in [1.29, 1.82) is 0 Å². The van der Waals surface area contributed by atoms with Gasteiger partial charge < -0.3 is 24.6 Å². The van der Waals surface area contributed by atoms with E-state index in [0.29, 0.717) is 44.4 Å². The van der Waals surface area contributed by atoms with Crippen LogP contribution in [-0.4, -0.2) is 88.9 Å². The van der Waals surface area contributed by atoms with Crippen molar-refractivity contribution in [2.24, 2.45) is 5.41 Å². The van der Waals surface area contributed by atoms with Crippen LogP contribution in [0.2, 0.25) is 0 Å². The summed E-state index contributed by atoms with van der Waals surface area (Å²) in [6.07, 6.45) is 0.700. The number of likely N-dealkylation sites (N-methyl/N-ethyl adjacent to an activating group) is 1. The summed E-state index contributed by atoms with van der Waals surface area (Å²) in [4.78, 5) is 37.5. The molecule has 202 valence electrons. The quantitative estimate of drug-likeness (QED) is 0.628. The molecule has 1 N–H and O–H groups in total. The van der Waals surface area contributed by atoms with Crippen LogP contribution in [0.1, 0.15) is 43.4 Å². The van der Waals surface area contributed by atoms with Crippen LogP contribution in [0.15, 0.2) is 12.1 Å². The molecule has 8 nitrogen and oxygen atoms in total. The van der Waals surface area contributed by atoms with Gasteiger partial charge in [0.25, 0.3) is 5.91 Å². The number of amides is 2. The van der Waals surface area contributed by atoms with Gasteiger partial charge in [-0.05, 0) is 38.5 Å². The number of imidazole rings is 1. The Labute approximate surface area is 215 Å². The Hall–Kier alpha value is -2.92. The van der Waals surface area contributed by atoms with Crippen molar-refractivity contribution < 1.29 is 22.8 Å². The number of hydrogen-bond donors (Lipinski definition) is 1. The number of carbonyl (C=O) groups is 2. The zero-order valence-corrected chi connectivity index (χ0v) is 22.1. The first-order valence-electron chi connectivity index (χ1n) is 12.6. The molecule has 3 heterocycles. The lowest BCUT2D eigenvalue weighted by Gasteiger charge is -2.38. The van der Waals surface area contributed by atoms with Gasteiger partial charge in [-0.2, -0.15) is 0 Å². The van der Waals surface area contributed by atoms with Gasteiger partial charge in [0.1, 0.15) is 17.7 Å². The van der Waals surface area contributed by atoms with E-state index in [0.717, 1.165) is 25.7 Å². The van der Waals surface area contributed by atoms with Gasteiger partial charge in [0.15, 0.2) is 17.3 Å². The summed E-state index contributed by atoms with van der Waals surface area (Å²) in [5.74, 6) is -4.12. The highest BCUT2D eigenvalue weighted by molar-refractivity contribution is 5.98. The summed E-state index contributed by atoms with van der Waals surface area (Å²) in [6.45, 7) is 9.81. The fourth-order valence-corrected chi connectivity index (χ4v) is 4.86. The van der Waals surface area contributed by atoms with E-state index in [1.807, 2.05) is 39.8 Å². The minimum atomic E-state index is -1.29. The molecule has 11 heteroatoms. The molecular weight excluding hydrogens is 485 g/mol. The molecule has 0 radical (unpaired) electrons. The van der Waals surface area contributed by atoms with Crippen molar-refractivity contribution in [2.45, 2.75) is 46.3 Å². The highest BCUT2D eigenvalue weighted by Gasteiger charge is 2.38. The van der Waals surface area contributed by atoms with Gasteiger partial charge in [0.05, 0.1) is 11.3 Å². The predicted molar refractivity (Wildman–Crippen MR) is 133 cm³/mol. The molecule has 1 fully saturated rings. The molecular formula is C26H35F3N6O2. The lowest BCUT2D eigenvalue weighted by Crippen LogP contribution is -2.58. The van der Waals surface area contributed by atoms with E-state index < -0.39 is 34.8 Å². The second kappa shape index (κ2) is 10.4.